The van der Waals surface area contributed by atoms with Crippen LogP contribution < -0.4 is 16.5 Å². The molecular formula is C69H75Cl4N15O23. The molecule has 16 atom stereocenters. The molecule has 4 saturated heterocycles. The molecule has 0 bridgehead atoms. The minimum Gasteiger partial charge on any atom is -0.463 e. The van der Waals surface area contributed by atoms with Crippen LogP contribution in [-0.2, 0) is 81.0 Å². The summed E-state index contributed by atoms with van der Waals surface area (Å²) < 4.78 is 61.0. The number of anilines is 4. The number of imidazole rings is 4. The van der Waals surface area contributed by atoms with Crippen LogP contribution in [-0.4, -0.2) is 231 Å². The second-order valence-corrected chi connectivity index (χ2v) is 26.2. The van der Waals surface area contributed by atoms with Gasteiger partial charge in [0.2, 0.25) is 0 Å². The molecule has 4 aliphatic rings. The number of aliphatic hydroxyl groups is 6. The Morgan fingerprint density at radius 2 is 0.748 bits per heavy atom. The van der Waals surface area contributed by atoms with Gasteiger partial charge in [0.05, 0.1) is 66.7 Å². The lowest BCUT2D eigenvalue weighted by Crippen LogP contribution is -2.40. The fourth-order valence-electron chi connectivity index (χ4n) is 12.2. The number of hydrogen-bond acceptors (Lipinski definition) is 34. The normalized spacial score (nSPS) is 24.4. The van der Waals surface area contributed by atoms with Gasteiger partial charge in [-0.15, -0.1) is 0 Å². The third kappa shape index (κ3) is 19.9. The first-order valence-corrected chi connectivity index (χ1v) is 35.0. The molecule has 4 aliphatic heterocycles. The summed E-state index contributed by atoms with van der Waals surface area (Å²) in [5.41, 5.74) is 6.93. The lowest BCUT2D eigenvalue weighted by atomic mass is 10.1. The Bertz CT molecular complexity index is 4890. The summed E-state index contributed by atoms with van der Waals surface area (Å²) in [5.74, 6) is 0.866. The number of halogens is 4. The molecular weight excluding hydrogens is 1550 g/mol. The van der Waals surface area contributed by atoms with Crippen LogP contribution >= 0.6 is 46.4 Å². The number of esters is 6. The van der Waals surface area contributed by atoms with E-state index < -0.39 is 141 Å². The van der Waals surface area contributed by atoms with E-state index in [0.29, 0.717) is 60.1 Å². The summed E-state index contributed by atoms with van der Waals surface area (Å²) in [5, 5.41) is 66.0. The standard InChI is InChI=1S/C24H24ClN3O7.C18H18ClN3O4.C16H17ClN4O7.C10H11ClN4O4.CH5NO/c1-13(29)32-11-20-22(33-14(2)30)23(34-15(3)31)24(35-20)28-12-26-21-18(25)9-17(10-19(21)28)27-16-7-5-4-6-8-16;19-12-6-11(21-10-4-2-1-3-5-10)7-13-15(12)20-9-22(13)18-17(25)16(24)14(8-23)26-18;1-7(22)25-4-10-12(26-8(2)23)13(27-9(3)24)16(28-10)21-6-20-11-14(17)18-5-19-15(11)21;11-8-5-9(13-2-12-8)15(3-14-5)10-7(18)6(17)4(1-16)19-10;1-3-2/h4-10,12,20,22-24,27H,11H2,1-3H3;1-7,9,14,16-18,21,23-25H,8H2;5-6,10,12-13,16H,4H2,1-3H3;2-4,6-7,10,16-18H,1H2;2H2,1H3. The quantitative estimate of drug-likeness (QED) is 0.0230. The Balaban J connectivity index is 0.000000158. The van der Waals surface area contributed by atoms with Crippen molar-refractivity contribution in [3.8, 4) is 0 Å². The van der Waals surface area contributed by atoms with E-state index in [-0.39, 0.29) is 30.1 Å². The number of fused-ring (bicyclic) bond motifs is 4. The van der Waals surface area contributed by atoms with Crippen molar-refractivity contribution >= 4 is 149 Å². The number of rotatable bonds is 18. The van der Waals surface area contributed by atoms with Crippen molar-refractivity contribution in [2.24, 2.45) is 5.90 Å². The maximum absolute atomic E-state index is 11.9. The minimum atomic E-state index is -1.19. The summed E-state index contributed by atoms with van der Waals surface area (Å²) in [6.45, 7) is 6.20. The number of aliphatic hydroxyl groups excluding tert-OH is 6. The van der Waals surface area contributed by atoms with Gasteiger partial charge in [-0.05, 0) is 48.5 Å². The highest BCUT2D eigenvalue weighted by atomic mass is 35.5. The number of para-hydroxylation sites is 2. The van der Waals surface area contributed by atoms with Crippen LogP contribution in [0.25, 0.3) is 44.4 Å². The molecule has 0 radical (unpaired) electrons. The topological polar surface area (TPSA) is 498 Å². The second kappa shape index (κ2) is 37.8. The smallest absolute Gasteiger partial charge is 0.303 e. The maximum Gasteiger partial charge on any atom is 0.303 e. The summed E-state index contributed by atoms with van der Waals surface area (Å²) in [6, 6.07) is 26.4. The number of nitrogens with one attached hydrogen (secondary N) is 2. The van der Waals surface area contributed by atoms with Crippen molar-refractivity contribution in [1.82, 2.24) is 58.1 Å². The monoisotopic (exact) mass is 1620 g/mol. The van der Waals surface area contributed by atoms with Gasteiger partial charge in [-0.1, -0.05) is 82.8 Å². The van der Waals surface area contributed by atoms with E-state index in [1.54, 1.807) is 21.3 Å². The number of benzene rings is 4. The molecule has 6 aromatic heterocycles. The molecule has 111 heavy (non-hydrogen) atoms. The van der Waals surface area contributed by atoms with Gasteiger partial charge in [0.25, 0.3) is 0 Å². The first kappa shape index (κ1) is 83.5. The van der Waals surface area contributed by atoms with Crippen LogP contribution in [0.1, 0.15) is 66.5 Å². The second-order valence-electron chi connectivity index (χ2n) is 24.6. The fraction of sp³-hybridized carbons (Fsp3) is 0.391. The molecule has 10 aromatic rings. The van der Waals surface area contributed by atoms with Gasteiger partial charge in [-0.25, -0.2) is 45.8 Å². The van der Waals surface area contributed by atoms with Gasteiger partial charge in [-0.3, -0.25) is 42.5 Å². The Hall–Kier alpha value is -9.98. The lowest BCUT2D eigenvalue weighted by molar-refractivity contribution is -0.166. The van der Waals surface area contributed by atoms with Crippen LogP contribution in [0, 0.1) is 0 Å². The number of nitrogens with two attached hydrogens (primary N) is 1. The Morgan fingerprint density at radius 3 is 1.11 bits per heavy atom. The third-order valence-corrected chi connectivity index (χ3v) is 18.0. The molecule has 16 unspecified atom stereocenters. The Labute approximate surface area is 649 Å². The average Bonchev–Trinajstić information content (AvgIpc) is 1.62. The zero-order chi connectivity index (χ0) is 80.1. The number of carbonyl (C=O) groups is 6. The van der Waals surface area contributed by atoms with E-state index in [2.05, 4.69) is 61.2 Å². The van der Waals surface area contributed by atoms with Crippen LogP contribution in [0.3, 0.4) is 0 Å². The van der Waals surface area contributed by atoms with Crippen molar-refractivity contribution in [2.75, 3.05) is 44.2 Å². The third-order valence-electron chi connectivity index (χ3n) is 16.8. The predicted octanol–water partition coefficient (Wildman–Crippen LogP) is 5.20. The molecule has 14 rings (SSSR count). The van der Waals surface area contributed by atoms with Crippen molar-refractivity contribution in [3.05, 3.63) is 143 Å². The van der Waals surface area contributed by atoms with Gasteiger partial charge >= 0.3 is 35.8 Å². The van der Waals surface area contributed by atoms with E-state index in [1.807, 2.05) is 72.8 Å². The molecule has 0 spiro atoms. The van der Waals surface area contributed by atoms with E-state index in [9.17, 15) is 54.3 Å². The number of nitrogens with zero attached hydrogens (tertiary/aromatic N) is 12. The van der Waals surface area contributed by atoms with Gasteiger partial charge in [0.15, 0.2) is 70.9 Å². The fourth-order valence-corrected chi connectivity index (χ4v) is 13.1. The van der Waals surface area contributed by atoms with E-state index in [4.69, 9.17) is 98.9 Å². The Morgan fingerprint density at radius 1 is 0.423 bits per heavy atom. The highest BCUT2D eigenvalue weighted by Crippen LogP contribution is 2.41. The summed E-state index contributed by atoms with van der Waals surface area (Å²) in [4.78, 5) is 106. The Kier molecular flexibility index (Phi) is 28.5. The molecule has 4 aromatic carbocycles. The highest BCUT2D eigenvalue weighted by Gasteiger charge is 2.53. The highest BCUT2D eigenvalue weighted by molar-refractivity contribution is 6.36. The molecule has 0 amide bonds. The van der Waals surface area contributed by atoms with Crippen molar-refractivity contribution in [2.45, 2.75) is 140 Å². The molecule has 10 heterocycles. The largest absolute Gasteiger partial charge is 0.463 e. The predicted molar refractivity (Wildman–Crippen MR) is 390 cm³/mol. The summed E-state index contributed by atoms with van der Waals surface area (Å²) in [7, 11) is 1.40. The van der Waals surface area contributed by atoms with Crippen LogP contribution in [0.5, 0.6) is 0 Å². The molecule has 42 heteroatoms. The number of carbonyl (C=O) groups excluding carboxylic acids is 6. The number of hydrogen-bond donors (Lipinski definition) is 9. The molecule has 10 N–H and O–H groups in total. The number of aromatic nitrogens is 12. The zero-order valence-electron chi connectivity index (χ0n) is 59.7. The van der Waals surface area contributed by atoms with Crippen LogP contribution in [0.4, 0.5) is 22.7 Å². The molecule has 0 aliphatic carbocycles. The molecule has 38 nitrogen and oxygen atoms in total. The molecule has 4 fully saturated rings. The first-order chi connectivity index (χ1) is 53.1. The van der Waals surface area contributed by atoms with Gasteiger partial charge in [0, 0.05) is 64.3 Å². The van der Waals surface area contributed by atoms with Gasteiger partial charge in [-0.2, -0.15) is 0 Å². The van der Waals surface area contributed by atoms with E-state index in [1.165, 1.54) is 95.8 Å². The van der Waals surface area contributed by atoms with Crippen molar-refractivity contribution in [1.29, 1.82) is 0 Å². The number of ether oxygens (including phenoxy) is 10. The van der Waals surface area contributed by atoms with Crippen molar-refractivity contribution in [3.63, 3.8) is 0 Å². The average molecular weight is 1620 g/mol. The van der Waals surface area contributed by atoms with Crippen LogP contribution in [0.2, 0.25) is 20.4 Å². The first-order valence-electron chi connectivity index (χ1n) is 33.5. The molecule has 0 saturated carbocycles. The van der Waals surface area contributed by atoms with Gasteiger partial charge < -0.3 is 98.0 Å². The minimum absolute atomic E-state index is 0.138. The SMILES string of the molecule is CC(=O)OCC1OC(n2cnc3c(Cl)cc(Nc4ccccc4)cc32)C(OC(C)=O)C1OC(C)=O.CC(=O)OCC1OC(n2cnc3c(Cl)ncnc32)C(OC(C)=O)C1OC(C)=O.CON.OCC1OC(n2cnc3c(Cl)cc(Nc4ccccc4)cc32)C(O)C1O.OCC1OC(n2cnc3c(Cl)ncnc32)C(O)C1O. The van der Waals surface area contributed by atoms with Gasteiger partial charge in [0.1, 0.15) is 96.8 Å². The maximum atomic E-state index is 11.9. The van der Waals surface area contributed by atoms with E-state index >= 15 is 0 Å². The lowest BCUT2D eigenvalue weighted by Gasteiger charge is -2.24. The molecule has 592 valence electrons. The van der Waals surface area contributed by atoms with E-state index in [0.717, 1.165) is 17.1 Å². The van der Waals surface area contributed by atoms with Crippen LogP contribution in [0.15, 0.2) is 123 Å². The summed E-state index contributed by atoms with van der Waals surface area (Å²) in [6.07, 6.45) is -7.61. The zero-order valence-corrected chi connectivity index (χ0v) is 62.7. The van der Waals surface area contributed by atoms with Crippen molar-refractivity contribution < 1.29 is 112 Å². The summed E-state index contributed by atoms with van der Waals surface area (Å²) >= 11 is 24.8.